The van der Waals surface area contributed by atoms with Gasteiger partial charge < -0.3 is 15.5 Å². The van der Waals surface area contributed by atoms with Crippen molar-refractivity contribution in [1.82, 2.24) is 0 Å². The Kier molecular flexibility index (Phi) is 4.82. The van der Waals surface area contributed by atoms with Crippen LogP contribution in [0.4, 0.5) is 17.1 Å². The number of anilines is 3. The quantitative estimate of drug-likeness (QED) is 0.886. The van der Waals surface area contributed by atoms with Crippen molar-refractivity contribution < 1.29 is 4.79 Å². The van der Waals surface area contributed by atoms with Crippen LogP contribution in [0.5, 0.6) is 0 Å². The molecule has 1 amide bonds. The van der Waals surface area contributed by atoms with Crippen LogP contribution in [0, 0.1) is 6.92 Å². The molecule has 110 valence electrons. The van der Waals surface area contributed by atoms with E-state index in [0.29, 0.717) is 0 Å². The first-order valence-electron chi connectivity index (χ1n) is 6.92. The van der Waals surface area contributed by atoms with Crippen LogP contribution in [-0.4, -0.2) is 26.5 Å². The summed E-state index contributed by atoms with van der Waals surface area (Å²) in [6.07, 6.45) is 0. The molecule has 0 aliphatic carbocycles. The van der Waals surface area contributed by atoms with Gasteiger partial charge in [0.05, 0.1) is 6.54 Å². The lowest BCUT2D eigenvalue weighted by atomic mass is 10.2. The predicted molar refractivity (Wildman–Crippen MR) is 89.1 cm³/mol. The van der Waals surface area contributed by atoms with Gasteiger partial charge in [0.1, 0.15) is 0 Å². The average Bonchev–Trinajstić information content (AvgIpc) is 2.48. The van der Waals surface area contributed by atoms with Gasteiger partial charge in [-0.3, -0.25) is 4.79 Å². The van der Waals surface area contributed by atoms with E-state index >= 15 is 0 Å². The zero-order chi connectivity index (χ0) is 15.2. The van der Waals surface area contributed by atoms with Gasteiger partial charge in [-0.05, 0) is 43.3 Å². The zero-order valence-electron chi connectivity index (χ0n) is 12.7. The van der Waals surface area contributed by atoms with Crippen molar-refractivity contribution in [1.29, 1.82) is 0 Å². The summed E-state index contributed by atoms with van der Waals surface area (Å²) in [6.45, 7) is 2.26. The second-order valence-electron chi connectivity index (χ2n) is 5.21. The summed E-state index contributed by atoms with van der Waals surface area (Å²) in [4.78, 5) is 13.9. The predicted octanol–water partition coefficient (Wildman–Crippen LogP) is 3.11. The number of nitrogens with one attached hydrogen (secondary N) is 2. The molecule has 4 heteroatoms. The van der Waals surface area contributed by atoms with Crippen LogP contribution < -0.4 is 15.5 Å². The van der Waals surface area contributed by atoms with E-state index in [1.54, 1.807) is 0 Å². The van der Waals surface area contributed by atoms with Crippen LogP contribution in [0.1, 0.15) is 5.56 Å². The molecule has 0 aromatic heterocycles. The minimum absolute atomic E-state index is 0.0597. The summed E-state index contributed by atoms with van der Waals surface area (Å²) in [7, 11) is 3.99. The molecule has 2 aromatic rings. The molecule has 0 heterocycles. The maximum atomic E-state index is 11.9. The first kappa shape index (κ1) is 14.9. The molecule has 4 nitrogen and oxygen atoms in total. The smallest absolute Gasteiger partial charge is 0.243 e. The summed E-state index contributed by atoms with van der Waals surface area (Å²) in [5, 5.41) is 5.97. The molecule has 0 bridgehead atoms. The van der Waals surface area contributed by atoms with Crippen molar-refractivity contribution in [2.45, 2.75) is 6.92 Å². The highest BCUT2D eigenvalue weighted by Gasteiger charge is 2.02. The molecule has 21 heavy (non-hydrogen) atoms. The monoisotopic (exact) mass is 283 g/mol. The second-order valence-corrected chi connectivity index (χ2v) is 5.21. The van der Waals surface area contributed by atoms with Gasteiger partial charge in [0.2, 0.25) is 5.91 Å². The zero-order valence-corrected chi connectivity index (χ0v) is 12.7. The molecular weight excluding hydrogens is 262 g/mol. The van der Waals surface area contributed by atoms with Crippen LogP contribution in [-0.2, 0) is 4.79 Å². The van der Waals surface area contributed by atoms with E-state index in [9.17, 15) is 4.79 Å². The number of carbonyl (C=O) groups excluding carboxylic acids is 1. The lowest BCUT2D eigenvalue weighted by Crippen LogP contribution is -2.21. The van der Waals surface area contributed by atoms with E-state index < -0.39 is 0 Å². The fraction of sp³-hybridized carbons (Fsp3) is 0.235. The molecule has 0 radical (unpaired) electrons. The third-order valence-electron chi connectivity index (χ3n) is 3.17. The number of benzene rings is 2. The number of hydrogen-bond donors (Lipinski definition) is 2. The Morgan fingerprint density at radius 1 is 0.952 bits per heavy atom. The third kappa shape index (κ3) is 4.53. The van der Waals surface area contributed by atoms with Crippen molar-refractivity contribution >= 4 is 23.0 Å². The maximum absolute atomic E-state index is 11.9. The molecule has 0 spiro atoms. The molecule has 0 saturated heterocycles. The van der Waals surface area contributed by atoms with Crippen LogP contribution >= 0.6 is 0 Å². The molecule has 0 atom stereocenters. The summed E-state index contributed by atoms with van der Waals surface area (Å²) in [5.74, 6) is -0.0597. The van der Waals surface area contributed by atoms with Crippen LogP contribution in [0.2, 0.25) is 0 Å². The van der Waals surface area contributed by atoms with Crippen molar-refractivity contribution in [2.75, 3.05) is 36.2 Å². The van der Waals surface area contributed by atoms with Gasteiger partial charge in [0, 0.05) is 31.2 Å². The van der Waals surface area contributed by atoms with Crippen molar-refractivity contribution in [3.63, 3.8) is 0 Å². The highest BCUT2D eigenvalue weighted by atomic mass is 16.1. The van der Waals surface area contributed by atoms with E-state index in [1.165, 1.54) is 5.56 Å². The number of aryl methyl sites for hydroxylation is 1. The van der Waals surface area contributed by atoms with E-state index in [1.807, 2.05) is 74.4 Å². The molecule has 0 fully saturated rings. The van der Waals surface area contributed by atoms with Gasteiger partial charge in [0.15, 0.2) is 0 Å². The minimum atomic E-state index is -0.0597. The average molecular weight is 283 g/mol. The first-order chi connectivity index (χ1) is 10.0. The third-order valence-corrected chi connectivity index (χ3v) is 3.17. The summed E-state index contributed by atoms with van der Waals surface area (Å²) < 4.78 is 0. The first-order valence-corrected chi connectivity index (χ1v) is 6.92. The highest BCUT2D eigenvalue weighted by molar-refractivity contribution is 5.93. The van der Waals surface area contributed by atoms with Crippen LogP contribution in [0.25, 0.3) is 0 Å². The standard InChI is InChI=1S/C17H21N3O/c1-13-4-6-15(7-5-13)19-17(21)12-18-14-8-10-16(11-9-14)20(2)3/h4-11,18H,12H2,1-3H3,(H,19,21). The van der Waals surface area contributed by atoms with Crippen LogP contribution in [0.15, 0.2) is 48.5 Å². The number of rotatable bonds is 5. The number of amides is 1. The Hall–Kier alpha value is -2.49. The van der Waals surface area contributed by atoms with Crippen LogP contribution in [0.3, 0.4) is 0 Å². The van der Waals surface area contributed by atoms with Crippen molar-refractivity contribution in [3.8, 4) is 0 Å². The number of nitrogens with zero attached hydrogens (tertiary/aromatic N) is 1. The molecule has 0 unspecified atom stereocenters. The second kappa shape index (κ2) is 6.79. The Balaban J connectivity index is 1.84. The van der Waals surface area contributed by atoms with E-state index in [0.717, 1.165) is 17.1 Å². The Bertz CT molecular complexity index is 588. The Morgan fingerprint density at radius 3 is 2.10 bits per heavy atom. The van der Waals surface area contributed by atoms with Gasteiger partial charge in [-0.15, -0.1) is 0 Å². The van der Waals surface area contributed by atoms with Gasteiger partial charge in [-0.2, -0.15) is 0 Å². The van der Waals surface area contributed by atoms with Gasteiger partial charge >= 0.3 is 0 Å². The molecule has 2 N–H and O–H groups in total. The number of hydrogen-bond acceptors (Lipinski definition) is 3. The van der Waals surface area contributed by atoms with Gasteiger partial charge in [-0.25, -0.2) is 0 Å². The largest absolute Gasteiger partial charge is 0.378 e. The summed E-state index contributed by atoms with van der Waals surface area (Å²) in [6, 6.07) is 15.7. The van der Waals surface area contributed by atoms with E-state index in [4.69, 9.17) is 0 Å². The molecule has 2 rings (SSSR count). The van der Waals surface area contributed by atoms with Gasteiger partial charge in [0.25, 0.3) is 0 Å². The lowest BCUT2D eigenvalue weighted by Gasteiger charge is -2.13. The van der Waals surface area contributed by atoms with Crippen molar-refractivity contribution in [2.24, 2.45) is 0 Å². The number of carbonyl (C=O) groups is 1. The fourth-order valence-electron chi connectivity index (χ4n) is 1.90. The topological polar surface area (TPSA) is 44.4 Å². The molecule has 2 aromatic carbocycles. The Labute approximate surface area is 125 Å². The van der Waals surface area contributed by atoms with E-state index in [2.05, 4.69) is 10.6 Å². The molecule has 0 aliphatic rings. The SMILES string of the molecule is Cc1ccc(NC(=O)CNc2ccc(N(C)C)cc2)cc1. The Morgan fingerprint density at radius 2 is 1.52 bits per heavy atom. The summed E-state index contributed by atoms with van der Waals surface area (Å²) in [5.41, 5.74) is 4.05. The van der Waals surface area contributed by atoms with Crippen molar-refractivity contribution in [3.05, 3.63) is 54.1 Å². The van der Waals surface area contributed by atoms with Gasteiger partial charge in [-0.1, -0.05) is 17.7 Å². The maximum Gasteiger partial charge on any atom is 0.243 e. The molecule has 0 saturated carbocycles. The molecular formula is C17H21N3O. The summed E-state index contributed by atoms with van der Waals surface area (Å²) >= 11 is 0. The highest BCUT2D eigenvalue weighted by Crippen LogP contribution is 2.15. The normalized spacial score (nSPS) is 10.0. The van der Waals surface area contributed by atoms with E-state index in [-0.39, 0.29) is 12.5 Å². The molecule has 0 aliphatic heterocycles. The minimum Gasteiger partial charge on any atom is -0.378 e. The fourth-order valence-corrected chi connectivity index (χ4v) is 1.90. The lowest BCUT2D eigenvalue weighted by molar-refractivity contribution is -0.114.